The van der Waals surface area contributed by atoms with Crippen LogP contribution in [0.4, 0.5) is 0 Å². The molecule has 0 saturated heterocycles. The summed E-state index contributed by atoms with van der Waals surface area (Å²) in [4.78, 5) is 5.28. The van der Waals surface area contributed by atoms with Crippen LogP contribution in [0.1, 0.15) is 19.3 Å². The van der Waals surface area contributed by atoms with Crippen molar-refractivity contribution in [3.8, 4) is 0 Å². The van der Waals surface area contributed by atoms with E-state index in [2.05, 4.69) is 20.1 Å². The molecule has 3 atom stereocenters. The normalized spacial score (nSPS) is 32.8. The molecule has 1 aliphatic rings. The summed E-state index contributed by atoms with van der Waals surface area (Å²) >= 11 is 0. The summed E-state index contributed by atoms with van der Waals surface area (Å²) in [6.45, 7) is 0. The van der Waals surface area contributed by atoms with Gasteiger partial charge in [-0.3, -0.25) is 0 Å². The fraction of sp³-hybridized carbons (Fsp3) is 1.00. The average Bonchev–Trinajstić information content (AvgIpc) is 2.11. The van der Waals surface area contributed by atoms with Crippen LogP contribution in [0.2, 0.25) is 0 Å². The molecule has 13 heavy (non-hydrogen) atoms. The van der Waals surface area contributed by atoms with Gasteiger partial charge in [-0.05, 0) is 23.9 Å². The lowest BCUT2D eigenvalue weighted by molar-refractivity contribution is 0.0978. The van der Waals surface area contributed by atoms with Gasteiger partial charge in [0.2, 0.25) is 0 Å². The first-order chi connectivity index (χ1) is 6.29. The smallest absolute Gasteiger partial charge is 0.0717 e. The molecule has 0 radical (unpaired) electrons. The lowest BCUT2D eigenvalue weighted by Gasteiger charge is -2.28. The third-order valence-corrected chi connectivity index (χ3v) is 2.17. The van der Waals surface area contributed by atoms with Crippen molar-refractivity contribution in [2.24, 2.45) is 10.2 Å². The van der Waals surface area contributed by atoms with Crippen molar-refractivity contribution >= 4 is 0 Å². The van der Waals surface area contributed by atoms with Gasteiger partial charge in [0.25, 0.3) is 0 Å². The highest BCUT2D eigenvalue weighted by atomic mass is 16.3. The lowest BCUT2D eigenvalue weighted by Crippen LogP contribution is -2.38. The predicted octanol–water partition coefficient (Wildman–Crippen LogP) is 1.89. The van der Waals surface area contributed by atoms with Gasteiger partial charge in [-0.25, -0.2) is 0 Å². The molecule has 1 rings (SSSR count). The second-order valence-electron chi connectivity index (χ2n) is 2.97. The highest BCUT2D eigenvalue weighted by molar-refractivity contribution is 4.92. The van der Waals surface area contributed by atoms with Crippen LogP contribution in [0, 0.1) is 0 Å². The van der Waals surface area contributed by atoms with Crippen molar-refractivity contribution in [1.29, 1.82) is 0 Å². The minimum absolute atomic E-state index is 0.398. The molecule has 0 aromatic rings. The minimum Gasteiger partial charge on any atom is -0.393 e. The molecule has 1 N–H and O–H groups in total. The summed E-state index contributed by atoms with van der Waals surface area (Å²) in [7, 11) is 0. The lowest BCUT2D eigenvalue weighted by atomic mass is 9.89. The quantitative estimate of drug-likeness (QED) is 0.391. The first-order valence-electron chi connectivity index (χ1n) is 4.06. The van der Waals surface area contributed by atoms with Gasteiger partial charge in [0.05, 0.1) is 12.1 Å². The maximum absolute atomic E-state index is 9.45. The second kappa shape index (κ2) is 4.57. The standard InChI is InChI=1S/C6H10N6O/c7-11-9-4-2-1-3-5(13)6(4)10-12-8/h4-6,13H,1-3H2/t4?,5-,6?/m1/s1. The molecule has 1 aliphatic carbocycles. The molecule has 1 fully saturated rings. The van der Waals surface area contributed by atoms with E-state index in [1.807, 2.05) is 0 Å². The number of azide groups is 2. The molecular weight excluding hydrogens is 172 g/mol. The van der Waals surface area contributed by atoms with Crippen molar-refractivity contribution in [3.05, 3.63) is 20.9 Å². The Morgan fingerprint density at radius 1 is 1.15 bits per heavy atom. The van der Waals surface area contributed by atoms with Gasteiger partial charge >= 0.3 is 0 Å². The Balaban J connectivity index is 2.78. The van der Waals surface area contributed by atoms with E-state index in [4.69, 9.17) is 11.1 Å². The Hall–Kier alpha value is -1.42. The van der Waals surface area contributed by atoms with Gasteiger partial charge in [-0.1, -0.05) is 16.6 Å². The molecule has 0 bridgehead atoms. The van der Waals surface area contributed by atoms with Crippen LogP contribution in [-0.2, 0) is 0 Å². The van der Waals surface area contributed by atoms with E-state index in [9.17, 15) is 5.11 Å². The Morgan fingerprint density at radius 3 is 2.46 bits per heavy atom. The van der Waals surface area contributed by atoms with Crippen LogP contribution in [-0.4, -0.2) is 23.3 Å². The van der Waals surface area contributed by atoms with Crippen molar-refractivity contribution in [2.75, 3.05) is 0 Å². The maximum Gasteiger partial charge on any atom is 0.0717 e. The Kier molecular flexibility index (Phi) is 3.40. The topological polar surface area (TPSA) is 118 Å². The van der Waals surface area contributed by atoms with E-state index in [1.54, 1.807) is 0 Å². The molecule has 0 aromatic carbocycles. The number of rotatable bonds is 2. The molecule has 0 aliphatic heterocycles. The SMILES string of the molecule is [N-]=[N+]=NC1CCC[C@@H](O)C1N=[N+]=[N-]. The summed E-state index contributed by atoms with van der Waals surface area (Å²) in [6.07, 6.45) is 1.38. The van der Waals surface area contributed by atoms with Crippen molar-refractivity contribution in [3.63, 3.8) is 0 Å². The fourth-order valence-corrected chi connectivity index (χ4v) is 1.54. The van der Waals surface area contributed by atoms with E-state index < -0.39 is 18.2 Å². The zero-order chi connectivity index (χ0) is 9.68. The predicted molar refractivity (Wildman–Crippen MR) is 45.7 cm³/mol. The van der Waals surface area contributed by atoms with E-state index in [0.717, 1.165) is 6.42 Å². The second-order valence-corrected chi connectivity index (χ2v) is 2.97. The zero-order valence-electron chi connectivity index (χ0n) is 6.98. The summed E-state index contributed by atoms with van der Waals surface area (Å²) in [6, 6.07) is -1.00. The molecule has 2 unspecified atom stereocenters. The van der Waals surface area contributed by atoms with Gasteiger partial charge < -0.3 is 5.11 Å². The van der Waals surface area contributed by atoms with Gasteiger partial charge in [0.1, 0.15) is 0 Å². The van der Waals surface area contributed by atoms with Gasteiger partial charge in [-0.2, -0.15) is 0 Å². The van der Waals surface area contributed by atoms with E-state index in [0.29, 0.717) is 12.8 Å². The molecule has 1 saturated carbocycles. The number of hydrogen-bond donors (Lipinski definition) is 1. The first kappa shape index (κ1) is 9.67. The van der Waals surface area contributed by atoms with Crippen LogP contribution in [0.3, 0.4) is 0 Å². The van der Waals surface area contributed by atoms with Crippen molar-refractivity contribution in [2.45, 2.75) is 37.5 Å². The number of aliphatic hydroxyl groups excluding tert-OH is 1. The highest BCUT2D eigenvalue weighted by Gasteiger charge is 2.30. The van der Waals surface area contributed by atoms with Crippen LogP contribution >= 0.6 is 0 Å². The molecule has 70 valence electrons. The number of aliphatic hydroxyl groups is 1. The Morgan fingerprint density at radius 2 is 1.85 bits per heavy atom. The van der Waals surface area contributed by atoms with Crippen LogP contribution in [0.5, 0.6) is 0 Å². The molecular formula is C6H10N6O. The molecule has 7 heteroatoms. The van der Waals surface area contributed by atoms with E-state index >= 15 is 0 Å². The van der Waals surface area contributed by atoms with Crippen LogP contribution in [0.15, 0.2) is 10.2 Å². The Labute approximate surface area is 74.6 Å². The van der Waals surface area contributed by atoms with Crippen molar-refractivity contribution in [1.82, 2.24) is 0 Å². The third kappa shape index (κ3) is 2.26. The number of hydrogen-bond acceptors (Lipinski definition) is 3. The molecule has 0 spiro atoms. The van der Waals surface area contributed by atoms with E-state index in [1.165, 1.54) is 0 Å². The monoisotopic (exact) mass is 182 g/mol. The first-order valence-corrected chi connectivity index (χ1v) is 4.06. The zero-order valence-corrected chi connectivity index (χ0v) is 6.98. The molecule has 7 nitrogen and oxygen atoms in total. The average molecular weight is 182 g/mol. The van der Waals surface area contributed by atoms with Gasteiger partial charge in [0.15, 0.2) is 0 Å². The van der Waals surface area contributed by atoms with Crippen molar-refractivity contribution < 1.29 is 5.11 Å². The van der Waals surface area contributed by atoms with Crippen LogP contribution < -0.4 is 0 Å². The molecule has 0 aromatic heterocycles. The summed E-state index contributed by atoms with van der Waals surface area (Å²) < 4.78 is 0. The molecule has 0 heterocycles. The van der Waals surface area contributed by atoms with Gasteiger partial charge in [-0.15, -0.1) is 0 Å². The highest BCUT2D eigenvalue weighted by Crippen LogP contribution is 2.24. The third-order valence-electron chi connectivity index (χ3n) is 2.17. The maximum atomic E-state index is 9.45. The minimum atomic E-state index is -0.680. The summed E-state index contributed by atoms with van der Waals surface area (Å²) in [5.74, 6) is 0. The summed E-state index contributed by atoms with van der Waals surface area (Å²) in [5.41, 5.74) is 16.5. The molecule has 0 amide bonds. The van der Waals surface area contributed by atoms with Gasteiger partial charge in [0, 0.05) is 15.9 Å². The van der Waals surface area contributed by atoms with E-state index in [-0.39, 0.29) is 0 Å². The Bertz CT molecular complexity index is 266. The largest absolute Gasteiger partial charge is 0.393 e. The fourth-order valence-electron chi connectivity index (χ4n) is 1.54. The summed E-state index contributed by atoms with van der Waals surface area (Å²) in [5, 5.41) is 16.4. The van der Waals surface area contributed by atoms with Crippen LogP contribution in [0.25, 0.3) is 20.9 Å². The number of nitrogens with zero attached hydrogens (tertiary/aromatic N) is 6.